The first-order valence-corrected chi connectivity index (χ1v) is 11.5. The van der Waals surface area contributed by atoms with Crippen LogP contribution < -0.4 is 5.53 Å². The lowest BCUT2D eigenvalue weighted by atomic mass is 10.0. The zero-order valence-corrected chi connectivity index (χ0v) is 19.2. The van der Waals surface area contributed by atoms with E-state index in [1.165, 1.54) is 39.1 Å². The highest BCUT2D eigenvalue weighted by Crippen LogP contribution is 2.13. The number of hydrazine groups is 2. The van der Waals surface area contributed by atoms with E-state index in [9.17, 15) is 0 Å². The van der Waals surface area contributed by atoms with Crippen molar-refractivity contribution in [1.82, 2.24) is 30.3 Å². The fourth-order valence-corrected chi connectivity index (χ4v) is 3.94. The van der Waals surface area contributed by atoms with E-state index >= 15 is 0 Å². The molecule has 1 heterocycles. The Morgan fingerprint density at radius 2 is 1.00 bits per heavy atom. The Morgan fingerprint density at radius 3 is 1.37 bits per heavy atom. The summed E-state index contributed by atoms with van der Waals surface area (Å²) >= 11 is 0. The van der Waals surface area contributed by atoms with Crippen LogP contribution in [0, 0.1) is 5.92 Å². The van der Waals surface area contributed by atoms with Crippen molar-refractivity contribution >= 4 is 0 Å². The predicted molar refractivity (Wildman–Crippen MR) is 118 cm³/mol. The molecule has 0 bridgehead atoms. The maximum atomic E-state index is 3.71. The van der Waals surface area contributed by atoms with E-state index in [2.05, 4.69) is 71.8 Å². The molecule has 1 aliphatic heterocycles. The molecule has 1 N–H and O–H groups in total. The monoisotopic (exact) mass is 384 g/mol. The molecule has 0 aromatic rings. The number of likely N-dealkylation sites (N-methyl/N-ethyl adjacent to an activating group) is 2. The van der Waals surface area contributed by atoms with E-state index < -0.39 is 0 Å². The van der Waals surface area contributed by atoms with Crippen LogP contribution in [-0.2, 0) is 0 Å². The fourth-order valence-electron chi connectivity index (χ4n) is 3.94. The van der Waals surface area contributed by atoms with Crippen molar-refractivity contribution in [1.29, 1.82) is 0 Å². The normalized spacial score (nSPS) is 17.7. The van der Waals surface area contributed by atoms with E-state index in [-0.39, 0.29) is 0 Å². The first kappa shape index (κ1) is 24.8. The first-order chi connectivity index (χ1) is 13.1. The molecule has 1 saturated heterocycles. The van der Waals surface area contributed by atoms with E-state index in [4.69, 9.17) is 0 Å². The van der Waals surface area contributed by atoms with Crippen LogP contribution >= 0.6 is 0 Å². The first-order valence-electron chi connectivity index (χ1n) is 11.5. The number of nitrogens with one attached hydrogen (secondary N) is 1. The van der Waals surface area contributed by atoms with E-state index in [0.717, 1.165) is 58.3 Å². The van der Waals surface area contributed by atoms with E-state index in [1.54, 1.807) is 0 Å². The number of hydrogen-bond donors (Lipinski definition) is 1. The van der Waals surface area contributed by atoms with Crippen molar-refractivity contribution in [3.63, 3.8) is 0 Å². The van der Waals surface area contributed by atoms with Gasteiger partial charge in [-0.05, 0) is 58.2 Å². The average molecular weight is 385 g/mol. The quantitative estimate of drug-likeness (QED) is 0.465. The maximum absolute atomic E-state index is 3.71. The van der Waals surface area contributed by atoms with Gasteiger partial charge in [0.2, 0.25) is 0 Å². The second-order valence-corrected chi connectivity index (χ2v) is 7.73. The largest absolute Gasteiger partial charge is 0.304 e. The van der Waals surface area contributed by atoms with Crippen molar-refractivity contribution in [3.8, 4) is 0 Å². The highest BCUT2D eigenvalue weighted by molar-refractivity contribution is 4.75. The molecule has 1 rings (SSSR count). The highest BCUT2D eigenvalue weighted by Gasteiger charge is 2.25. The van der Waals surface area contributed by atoms with Crippen molar-refractivity contribution in [2.45, 2.75) is 48.0 Å². The van der Waals surface area contributed by atoms with Crippen LogP contribution in [0.3, 0.4) is 0 Å². The van der Waals surface area contributed by atoms with Crippen LogP contribution in [0.5, 0.6) is 0 Å². The van der Waals surface area contributed by atoms with Gasteiger partial charge in [-0.15, -0.1) is 0 Å². The topological polar surface area (TPSA) is 28.2 Å². The Bertz CT molecular complexity index is 283. The van der Waals surface area contributed by atoms with Crippen LogP contribution in [-0.4, -0.2) is 110 Å². The molecule has 0 saturated carbocycles. The zero-order chi connectivity index (χ0) is 20.1. The summed E-state index contributed by atoms with van der Waals surface area (Å²) in [6.45, 7) is 28.6. The van der Waals surface area contributed by atoms with Crippen LogP contribution in [0.15, 0.2) is 0 Å². The second kappa shape index (κ2) is 14.7. The predicted octanol–water partition coefficient (Wildman–Crippen LogP) is 2.06. The lowest BCUT2D eigenvalue weighted by molar-refractivity contribution is -0.0527. The highest BCUT2D eigenvalue weighted by atomic mass is 15.8. The Balaban J connectivity index is 2.58. The molecule has 6 nitrogen and oxygen atoms in total. The Hall–Kier alpha value is -0.240. The van der Waals surface area contributed by atoms with Crippen molar-refractivity contribution in [3.05, 3.63) is 0 Å². The minimum Gasteiger partial charge on any atom is -0.304 e. The van der Waals surface area contributed by atoms with Crippen LogP contribution in [0.4, 0.5) is 0 Å². The van der Waals surface area contributed by atoms with Gasteiger partial charge in [0, 0.05) is 39.3 Å². The molecule has 1 aliphatic rings. The SMILES string of the molecule is CCN(CC)CCC1CN(CCN(CC)CC)NN(CCN(CC)CC)C1. The molecule has 0 aromatic heterocycles. The third kappa shape index (κ3) is 9.68. The third-order valence-electron chi connectivity index (χ3n) is 6.15. The molecule has 0 unspecified atom stereocenters. The molecule has 0 aliphatic carbocycles. The van der Waals surface area contributed by atoms with Gasteiger partial charge in [-0.3, -0.25) is 0 Å². The molecule has 162 valence electrons. The van der Waals surface area contributed by atoms with E-state index in [0.29, 0.717) is 0 Å². The molecule has 0 spiro atoms. The molecule has 0 radical (unpaired) electrons. The summed E-state index contributed by atoms with van der Waals surface area (Å²) in [5.74, 6) is 0.750. The van der Waals surface area contributed by atoms with Gasteiger partial charge in [-0.2, -0.15) is 5.53 Å². The Kier molecular flexibility index (Phi) is 13.5. The van der Waals surface area contributed by atoms with Crippen LogP contribution in [0.25, 0.3) is 0 Å². The van der Waals surface area contributed by atoms with Gasteiger partial charge in [0.15, 0.2) is 0 Å². The van der Waals surface area contributed by atoms with Crippen molar-refractivity contribution in [2.75, 3.05) is 85.1 Å². The number of hydrogen-bond acceptors (Lipinski definition) is 6. The van der Waals surface area contributed by atoms with Gasteiger partial charge in [0.25, 0.3) is 0 Å². The molecule has 0 aromatic carbocycles. The fraction of sp³-hybridized carbons (Fsp3) is 1.00. The second-order valence-electron chi connectivity index (χ2n) is 7.73. The number of rotatable bonds is 15. The van der Waals surface area contributed by atoms with Gasteiger partial charge >= 0.3 is 0 Å². The van der Waals surface area contributed by atoms with Crippen molar-refractivity contribution in [2.24, 2.45) is 5.92 Å². The van der Waals surface area contributed by atoms with Gasteiger partial charge < -0.3 is 14.7 Å². The van der Waals surface area contributed by atoms with Crippen LogP contribution in [0.2, 0.25) is 0 Å². The summed E-state index contributed by atoms with van der Waals surface area (Å²) in [5.41, 5.74) is 3.71. The van der Waals surface area contributed by atoms with Gasteiger partial charge in [0.1, 0.15) is 0 Å². The maximum Gasteiger partial charge on any atom is 0.0272 e. The molecule has 27 heavy (non-hydrogen) atoms. The van der Waals surface area contributed by atoms with E-state index in [1.807, 2.05) is 0 Å². The van der Waals surface area contributed by atoms with Gasteiger partial charge in [0.05, 0.1) is 0 Å². The molecular weight excluding hydrogens is 336 g/mol. The standard InChI is InChI=1S/C21H48N6/c1-7-23(8-2)14-13-21-19-26(17-15-24(9-3)10-4)22-27(20-21)18-16-25(11-5)12-6/h21-22H,7-20H2,1-6H3. The molecule has 0 amide bonds. The summed E-state index contributed by atoms with van der Waals surface area (Å²) in [7, 11) is 0. The minimum atomic E-state index is 0.750. The minimum absolute atomic E-state index is 0.750. The zero-order valence-electron chi connectivity index (χ0n) is 19.2. The number of nitrogens with zero attached hydrogens (tertiary/aromatic N) is 5. The summed E-state index contributed by atoms with van der Waals surface area (Å²) in [5, 5.41) is 4.94. The summed E-state index contributed by atoms with van der Waals surface area (Å²) < 4.78 is 0. The van der Waals surface area contributed by atoms with Gasteiger partial charge in [-0.1, -0.05) is 41.5 Å². The molecule has 6 heteroatoms. The van der Waals surface area contributed by atoms with Crippen molar-refractivity contribution < 1.29 is 0 Å². The molecule has 0 atom stereocenters. The smallest absolute Gasteiger partial charge is 0.0272 e. The average Bonchev–Trinajstić information content (AvgIpc) is 2.70. The molecular formula is C21H48N6. The Morgan fingerprint density at radius 1 is 0.630 bits per heavy atom. The van der Waals surface area contributed by atoms with Gasteiger partial charge in [-0.25, -0.2) is 10.0 Å². The lowest BCUT2D eigenvalue weighted by Crippen LogP contribution is -2.61. The van der Waals surface area contributed by atoms with Crippen LogP contribution in [0.1, 0.15) is 48.0 Å². The lowest BCUT2D eigenvalue weighted by Gasteiger charge is -2.42. The third-order valence-corrected chi connectivity index (χ3v) is 6.15. The summed E-state index contributed by atoms with van der Waals surface area (Å²) in [4.78, 5) is 7.59. The summed E-state index contributed by atoms with van der Waals surface area (Å²) in [6.07, 6.45) is 1.30. The molecule has 1 fully saturated rings. The summed E-state index contributed by atoms with van der Waals surface area (Å²) in [6, 6.07) is 0. The Labute approximate surface area is 169 Å².